The third-order valence-electron chi connectivity index (χ3n) is 3.32. The second-order valence-corrected chi connectivity index (χ2v) is 4.80. The number of fused-ring (bicyclic) bond motifs is 1. The lowest BCUT2D eigenvalue weighted by atomic mass is 10.2. The van der Waals surface area contributed by atoms with Crippen LogP contribution in [0.3, 0.4) is 0 Å². The lowest BCUT2D eigenvalue weighted by Gasteiger charge is -2.33. The summed E-state index contributed by atoms with van der Waals surface area (Å²) in [5.74, 6) is 0.848. The molecule has 2 heterocycles. The Hall–Kier alpha value is -1.88. The van der Waals surface area contributed by atoms with Crippen LogP contribution in [0.15, 0.2) is 24.3 Å². The van der Waals surface area contributed by atoms with E-state index in [0.29, 0.717) is 13.1 Å². The van der Waals surface area contributed by atoms with Gasteiger partial charge in [-0.25, -0.2) is 4.98 Å². The number of halogens is 1. The first-order chi connectivity index (χ1) is 9.28. The summed E-state index contributed by atoms with van der Waals surface area (Å²) in [6, 6.07) is 7.81. The van der Waals surface area contributed by atoms with Gasteiger partial charge in [0.05, 0.1) is 5.52 Å². The minimum atomic E-state index is 0.256. The monoisotopic (exact) mass is 276 g/mol. The number of rotatable bonds is 2. The van der Waals surface area contributed by atoms with E-state index >= 15 is 0 Å². The van der Waals surface area contributed by atoms with Gasteiger partial charge in [-0.15, -0.1) is 0 Å². The van der Waals surface area contributed by atoms with Crippen LogP contribution in [0.4, 0.5) is 5.82 Å². The number of anilines is 1. The molecular formula is C13H13ClN4O. The summed E-state index contributed by atoms with van der Waals surface area (Å²) in [6.45, 7) is 2.94. The first-order valence-corrected chi connectivity index (χ1v) is 6.52. The average Bonchev–Trinajstić information content (AvgIpc) is 2.46. The van der Waals surface area contributed by atoms with Crippen LogP contribution < -0.4 is 4.90 Å². The van der Waals surface area contributed by atoms with Crippen molar-refractivity contribution in [2.24, 2.45) is 0 Å². The molecule has 0 aliphatic carbocycles. The van der Waals surface area contributed by atoms with E-state index in [1.807, 2.05) is 24.3 Å². The molecule has 5 nitrogen and oxygen atoms in total. The van der Waals surface area contributed by atoms with Crippen LogP contribution >= 0.6 is 11.6 Å². The SMILES string of the molecule is O=CN1CCN(c2nc(Cl)nc3ccccc23)CC1. The number of piperazine rings is 1. The van der Waals surface area contributed by atoms with Crippen molar-refractivity contribution < 1.29 is 4.79 Å². The van der Waals surface area contributed by atoms with Crippen LogP contribution in [0.2, 0.25) is 5.28 Å². The normalized spacial score (nSPS) is 15.8. The van der Waals surface area contributed by atoms with Crippen molar-refractivity contribution in [3.63, 3.8) is 0 Å². The Kier molecular flexibility index (Phi) is 3.21. The van der Waals surface area contributed by atoms with Crippen LogP contribution in [-0.4, -0.2) is 47.5 Å². The predicted molar refractivity (Wildman–Crippen MR) is 74.4 cm³/mol. The van der Waals surface area contributed by atoms with E-state index in [1.54, 1.807) is 4.90 Å². The van der Waals surface area contributed by atoms with Crippen LogP contribution in [-0.2, 0) is 4.79 Å². The fourth-order valence-electron chi connectivity index (χ4n) is 2.31. The molecule has 3 rings (SSSR count). The summed E-state index contributed by atoms with van der Waals surface area (Å²) in [7, 11) is 0. The van der Waals surface area contributed by atoms with E-state index in [-0.39, 0.29) is 5.28 Å². The van der Waals surface area contributed by atoms with Gasteiger partial charge in [0.25, 0.3) is 0 Å². The highest BCUT2D eigenvalue weighted by Gasteiger charge is 2.19. The molecule has 0 radical (unpaired) electrons. The molecule has 1 aliphatic heterocycles. The van der Waals surface area contributed by atoms with E-state index < -0.39 is 0 Å². The Morgan fingerprint density at radius 1 is 1.11 bits per heavy atom. The molecular weight excluding hydrogens is 264 g/mol. The number of aromatic nitrogens is 2. The van der Waals surface area contributed by atoms with Gasteiger partial charge < -0.3 is 9.80 Å². The molecule has 6 heteroatoms. The standard InChI is InChI=1S/C13H13ClN4O/c14-13-15-11-4-2-1-3-10(11)12(16-13)18-7-5-17(9-19)6-8-18/h1-4,9H,5-8H2. The molecule has 1 fully saturated rings. The number of carbonyl (C=O) groups is 1. The van der Waals surface area contributed by atoms with E-state index in [0.717, 1.165) is 36.2 Å². The molecule has 0 spiro atoms. The highest BCUT2D eigenvalue weighted by atomic mass is 35.5. The quantitative estimate of drug-likeness (QED) is 0.617. The Labute approximate surface area is 115 Å². The van der Waals surface area contributed by atoms with Gasteiger partial charge >= 0.3 is 0 Å². The van der Waals surface area contributed by atoms with Crippen molar-refractivity contribution >= 4 is 34.7 Å². The summed E-state index contributed by atoms with van der Waals surface area (Å²) in [4.78, 5) is 23.2. The molecule has 0 N–H and O–H groups in total. The molecule has 98 valence electrons. The van der Waals surface area contributed by atoms with Crippen molar-refractivity contribution in [3.05, 3.63) is 29.5 Å². The number of benzene rings is 1. The fraction of sp³-hybridized carbons (Fsp3) is 0.308. The van der Waals surface area contributed by atoms with Gasteiger partial charge in [0.15, 0.2) is 0 Å². The Balaban J connectivity index is 1.98. The summed E-state index contributed by atoms with van der Waals surface area (Å²) in [5, 5.41) is 1.25. The van der Waals surface area contributed by atoms with Crippen molar-refractivity contribution in [3.8, 4) is 0 Å². The molecule has 0 bridgehead atoms. The minimum Gasteiger partial charge on any atom is -0.352 e. The maximum absolute atomic E-state index is 10.7. The van der Waals surface area contributed by atoms with Crippen molar-refractivity contribution in [1.29, 1.82) is 0 Å². The average molecular weight is 277 g/mol. The lowest BCUT2D eigenvalue weighted by Crippen LogP contribution is -2.46. The summed E-state index contributed by atoms with van der Waals surface area (Å²) in [5.41, 5.74) is 0.843. The molecule has 0 atom stereocenters. The van der Waals surface area contributed by atoms with Gasteiger partial charge in [-0.2, -0.15) is 4.98 Å². The summed E-state index contributed by atoms with van der Waals surface area (Å²) >= 11 is 5.98. The van der Waals surface area contributed by atoms with Crippen LogP contribution in [0.25, 0.3) is 10.9 Å². The summed E-state index contributed by atoms with van der Waals surface area (Å²) < 4.78 is 0. The van der Waals surface area contributed by atoms with Crippen LogP contribution in [0.1, 0.15) is 0 Å². The number of carbonyl (C=O) groups excluding carboxylic acids is 1. The van der Waals surface area contributed by atoms with E-state index in [9.17, 15) is 4.79 Å². The number of nitrogens with zero attached hydrogens (tertiary/aromatic N) is 4. The van der Waals surface area contributed by atoms with Gasteiger partial charge in [-0.05, 0) is 23.7 Å². The zero-order valence-electron chi connectivity index (χ0n) is 10.3. The smallest absolute Gasteiger partial charge is 0.224 e. The first-order valence-electron chi connectivity index (χ1n) is 6.14. The van der Waals surface area contributed by atoms with E-state index in [2.05, 4.69) is 14.9 Å². The second kappa shape index (κ2) is 5.01. The highest BCUT2D eigenvalue weighted by Crippen LogP contribution is 2.25. The van der Waals surface area contributed by atoms with Gasteiger partial charge in [-0.1, -0.05) is 12.1 Å². The predicted octanol–water partition coefficient (Wildman–Crippen LogP) is 1.56. The van der Waals surface area contributed by atoms with Gasteiger partial charge in [-0.3, -0.25) is 4.79 Å². The number of hydrogen-bond donors (Lipinski definition) is 0. The zero-order valence-corrected chi connectivity index (χ0v) is 11.0. The van der Waals surface area contributed by atoms with Gasteiger partial charge in [0.1, 0.15) is 5.82 Å². The maximum Gasteiger partial charge on any atom is 0.224 e. The third-order valence-corrected chi connectivity index (χ3v) is 3.49. The summed E-state index contributed by atoms with van der Waals surface area (Å²) in [6.07, 6.45) is 0.891. The first kappa shape index (κ1) is 12.2. The molecule has 1 aromatic heterocycles. The largest absolute Gasteiger partial charge is 0.352 e. The van der Waals surface area contributed by atoms with Gasteiger partial charge in [0.2, 0.25) is 11.7 Å². The van der Waals surface area contributed by atoms with Gasteiger partial charge in [0, 0.05) is 31.6 Å². The number of amides is 1. The number of hydrogen-bond acceptors (Lipinski definition) is 4. The molecule has 2 aromatic rings. The molecule has 0 unspecified atom stereocenters. The van der Waals surface area contributed by atoms with Crippen molar-refractivity contribution in [2.45, 2.75) is 0 Å². The second-order valence-electron chi connectivity index (χ2n) is 4.46. The Bertz CT molecular complexity index is 611. The fourth-order valence-corrected chi connectivity index (χ4v) is 2.48. The van der Waals surface area contributed by atoms with Crippen molar-refractivity contribution in [1.82, 2.24) is 14.9 Å². The van der Waals surface area contributed by atoms with E-state index in [1.165, 1.54) is 0 Å². The molecule has 1 aromatic carbocycles. The Morgan fingerprint density at radius 2 is 1.84 bits per heavy atom. The molecule has 0 saturated carbocycles. The van der Waals surface area contributed by atoms with Crippen molar-refractivity contribution in [2.75, 3.05) is 31.1 Å². The zero-order chi connectivity index (χ0) is 13.2. The topological polar surface area (TPSA) is 49.3 Å². The Morgan fingerprint density at radius 3 is 2.58 bits per heavy atom. The molecule has 1 saturated heterocycles. The molecule has 19 heavy (non-hydrogen) atoms. The van der Waals surface area contributed by atoms with Crippen LogP contribution in [0.5, 0.6) is 0 Å². The number of para-hydroxylation sites is 1. The highest BCUT2D eigenvalue weighted by molar-refractivity contribution is 6.28. The molecule has 1 aliphatic rings. The lowest BCUT2D eigenvalue weighted by molar-refractivity contribution is -0.118. The minimum absolute atomic E-state index is 0.256. The van der Waals surface area contributed by atoms with E-state index in [4.69, 9.17) is 11.6 Å². The molecule has 1 amide bonds. The van der Waals surface area contributed by atoms with Crippen LogP contribution in [0, 0.1) is 0 Å². The third kappa shape index (κ3) is 2.33. The maximum atomic E-state index is 10.7.